The second kappa shape index (κ2) is 3.84. The van der Waals surface area contributed by atoms with E-state index in [2.05, 4.69) is 5.92 Å². The topological polar surface area (TPSA) is 13.1 Å². The summed E-state index contributed by atoms with van der Waals surface area (Å²) in [7, 11) is 0. The van der Waals surface area contributed by atoms with Gasteiger partial charge < -0.3 is 4.42 Å². The van der Waals surface area contributed by atoms with Crippen LogP contribution in [0.3, 0.4) is 0 Å². The molecule has 15 heavy (non-hydrogen) atoms. The molecule has 0 N–H and O–H groups in total. The van der Waals surface area contributed by atoms with E-state index in [-0.39, 0.29) is 0 Å². The van der Waals surface area contributed by atoms with E-state index in [1.54, 1.807) is 6.07 Å². The molecule has 1 heterocycles. The van der Waals surface area contributed by atoms with Crippen molar-refractivity contribution >= 4 is 11.6 Å². The Bertz CT molecular complexity index is 532. The predicted molar refractivity (Wildman–Crippen MR) is 61.8 cm³/mol. The molecule has 0 aliphatic rings. The summed E-state index contributed by atoms with van der Waals surface area (Å²) in [4.78, 5) is 0. The monoisotopic (exact) mass is 216 g/mol. The Labute approximate surface area is 93.7 Å². The van der Waals surface area contributed by atoms with Crippen molar-refractivity contribution in [3.05, 3.63) is 46.7 Å². The minimum atomic E-state index is 0.642. The Kier molecular flexibility index (Phi) is 2.53. The van der Waals surface area contributed by atoms with Crippen molar-refractivity contribution in [2.75, 3.05) is 0 Å². The summed E-state index contributed by atoms with van der Waals surface area (Å²) in [6.07, 6.45) is 5.33. The zero-order chi connectivity index (χ0) is 10.8. The van der Waals surface area contributed by atoms with E-state index in [0.717, 1.165) is 22.6 Å². The normalized spacial score (nSPS) is 9.93. The van der Waals surface area contributed by atoms with Crippen LogP contribution in [0, 0.1) is 19.3 Å². The van der Waals surface area contributed by atoms with E-state index in [0.29, 0.717) is 5.02 Å². The average Bonchev–Trinajstić information content (AvgIpc) is 2.65. The molecule has 2 heteroatoms. The van der Waals surface area contributed by atoms with E-state index >= 15 is 0 Å². The molecule has 2 rings (SSSR count). The lowest BCUT2D eigenvalue weighted by atomic mass is 10.1. The van der Waals surface area contributed by atoms with Gasteiger partial charge in [0.1, 0.15) is 11.5 Å². The van der Waals surface area contributed by atoms with E-state index in [4.69, 9.17) is 22.4 Å². The van der Waals surface area contributed by atoms with Gasteiger partial charge in [0.25, 0.3) is 0 Å². The molecule has 1 aromatic carbocycles. The Morgan fingerprint density at radius 2 is 2.07 bits per heavy atom. The molecule has 0 aliphatic heterocycles. The zero-order valence-electron chi connectivity index (χ0n) is 8.25. The van der Waals surface area contributed by atoms with Crippen molar-refractivity contribution in [3.8, 4) is 23.7 Å². The van der Waals surface area contributed by atoms with E-state index in [9.17, 15) is 0 Å². The molecular formula is C13H9ClO. The van der Waals surface area contributed by atoms with Crippen molar-refractivity contribution < 1.29 is 4.42 Å². The SMILES string of the molecule is C#Cc1ccc(Cl)c(-c2ccc(C)o2)c1. The minimum absolute atomic E-state index is 0.642. The molecule has 0 aliphatic carbocycles. The molecule has 0 saturated carbocycles. The number of halogens is 1. The Morgan fingerprint density at radius 3 is 2.67 bits per heavy atom. The summed E-state index contributed by atoms with van der Waals surface area (Å²) in [5, 5.41) is 0.642. The standard InChI is InChI=1S/C13H9ClO/c1-3-10-5-6-12(14)11(8-10)13-7-4-9(2)15-13/h1,4-8H,2H3. The Balaban J connectivity index is 2.57. The van der Waals surface area contributed by atoms with Gasteiger partial charge in [0.05, 0.1) is 5.02 Å². The third-order valence-electron chi connectivity index (χ3n) is 2.14. The van der Waals surface area contributed by atoms with Crippen LogP contribution in [-0.4, -0.2) is 0 Å². The molecule has 0 spiro atoms. The lowest BCUT2D eigenvalue weighted by Crippen LogP contribution is -1.79. The summed E-state index contributed by atoms with van der Waals surface area (Å²) in [6, 6.07) is 9.22. The Hall–Kier alpha value is -1.65. The van der Waals surface area contributed by atoms with Crippen molar-refractivity contribution in [2.24, 2.45) is 0 Å². The van der Waals surface area contributed by atoms with E-state index in [1.165, 1.54) is 0 Å². The molecule has 1 aromatic heterocycles. The smallest absolute Gasteiger partial charge is 0.135 e. The summed E-state index contributed by atoms with van der Waals surface area (Å²) in [5.74, 6) is 4.17. The maximum absolute atomic E-state index is 6.07. The first-order valence-corrected chi connectivity index (χ1v) is 4.91. The fraction of sp³-hybridized carbons (Fsp3) is 0.0769. The molecule has 0 saturated heterocycles. The highest BCUT2D eigenvalue weighted by Crippen LogP contribution is 2.29. The van der Waals surface area contributed by atoms with Crippen molar-refractivity contribution in [2.45, 2.75) is 6.92 Å². The van der Waals surface area contributed by atoms with Gasteiger partial charge in [0.2, 0.25) is 0 Å². The van der Waals surface area contributed by atoms with Gasteiger partial charge in [0, 0.05) is 11.1 Å². The maximum atomic E-state index is 6.07. The van der Waals surface area contributed by atoms with Gasteiger partial charge in [-0.05, 0) is 37.3 Å². The predicted octanol–water partition coefficient (Wildman–Crippen LogP) is 3.89. The number of hydrogen-bond acceptors (Lipinski definition) is 1. The van der Waals surface area contributed by atoms with Crippen LogP contribution in [-0.2, 0) is 0 Å². The first-order chi connectivity index (χ1) is 7.20. The van der Waals surface area contributed by atoms with Crippen LogP contribution < -0.4 is 0 Å². The van der Waals surface area contributed by atoms with Gasteiger partial charge in [0.15, 0.2) is 0 Å². The highest BCUT2D eigenvalue weighted by molar-refractivity contribution is 6.33. The van der Waals surface area contributed by atoms with Crippen molar-refractivity contribution in [3.63, 3.8) is 0 Å². The molecule has 0 atom stereocenters. The fourth-order valence-electron chi connectivity index (χ4n) is 1.38. The Morgan fingerprint density at radius 1 is 1.27 bits per heavy atom. The van der Waals surface area contributed by atoms with Crippen LogP contribution in [0.4, 0.5) is 0 Å². The van der Waals surface area contributed by atoms with Gasteiger partial charge in [-0.3, -0.25) is 0 Å². The highest BCUT2D eigenvalue weighted by Gasteiger charge is 2.07. The average molecular weight is 217 g/mol. The molecule has 74 valence electrons. The molecule has 0 radical (unpaired) electrons. The quantitative estimate of drug-likeness (QED) is 0.660. The lowest BCUT2D eigenvalue weighted by molar-refractivity contribution is 0.548. The number of benzene rings is 1. The molecule has 1 nitrogen and oxygen atoms in total. The number of furan rings is 1. The number of aryl methyl sites for hydroxylation is 1. The lowest BCUT2D eigenvalue weighted by Gasteiger charge is -2.01. The second-order valence-electron chi connectivity index (χ2n) is 3.25. The van der Waals surface area contributed by atoms with Gasteiger partial charge in [-0.1, -0.05) is 17.5 Å². The van der Waals surface area contributed by atoms with Crippen molar-refractivity contribution in [1.82, 2.24) is 0 Å². The van der Waals surface area contributed by atoms with Crippen molar-refractivity contribution in [1.29, 1.82) is 0 Å². The largest absolute Gasteiger partial charge is 0.461 e. The van der Waals surface area contributed by atoms with Crippen LogP contribution in [0.2, 0.25) is 5.02 Å². The summed E-state index contributed by atoms with van der Waals surface area (Å²) < 4.78 is 5.50. The fourth-order valence-corrected chi connectivity index (χ4v) is 1.59. The summed E-state index contributed by atoms with van der Waals surface area (Å²) >= 11 is 6.07. The van der Waals surface area contributed by atoms with Gasteiger partial charge in [-0.25, -0.2) is 0 Å². The molecular weight excluding hydrogens is 208 g/mol. The first-order valence-electron chi connectivity index (χ1n) is 4.53. The minimum Gasteiger partial charge on any atom is -0.461 e. The maximum Gasteiger partial charge on any atom is 0.135 e. The number of hydrogen-bond donors (Lipinski definition) is 0. The molecule has 2 aromatic rings. The van der Waals surface area contributed by atoms with Crippen LogP contribution in [0.1, 0.15) is 11.3 Å². The molecule has 0 amide bonds. The second-order valence-corrected chi connectivity index (χ2v) is 3.66. The van der Waals surface area contributed by atoms with Crippen LogP contribution in [0.25, 0.3) is 11.3 Å². The van der Waals surface area contributed by atoms with E-state index < -0.39 is 0 Å². The van der Waals surface area contributed by atoms with Gasteiger partial charge >= 0.3 is 0 Å². The molecule has 0 fully saturated rings. The third kappa shape index (κ3) is 1.91. The molecule has 0 unspecified atom stereocenters. The third-order valence-corrected chi connectivity index (χ3v) is 2.47. The highest BCUT2D eigenvalue weighted by atomic mass is 35.5. The van der Waals surface area contributed by atoms with Crippen LogP contribution in [0.15, 0.2) is 34.7 Å². The van der Waals surface area contributed by atoms with Gasteiger partial charge in [-0.2, -0.15) is 0 Å². The first kappa shape index (κ1) is 9.89. The van der Waals surface area contributed by atoms with Gasteiger partial charge in [-0.15, -0.1) is 6.42 Å². The number of terminal acetylenes is 1. The van der Waals surface area contributed by atoms with E-state index in [1.807, 2.05) is 31.2 Å². The van der Waals surface area contributed by atoms with Crippen LogP contribution >= 0.6 is 11.6 Å². The van der Waals surface area contributed by atoms with Crippen LogP contribution in [0.5, 0.6) is 0 Å². The summed E-state index contributed by atoms with van der Waals surface area (Å²) in [6.45, 7) is 1.89. The zero-order valence-corrected chi connectivity index (χ0v) is 9.01. The molecule has 0 bridgehead atoms. The number of rotatable bonds is 1. The summed E-state index contributed by atoms with van der Waals surface area (Å²) in [5.41, 5.74) is 1.63.